The highest BCUT2D eigenvalue weighted by Gasteiger charge is 2.36. The first-order chi connectivity index (χ1) is 14.2. The summed E-state index contributed by atoms with van der Waals surface area (Å²) in [5.74, 6) is -1.08. The average Bonchev–Trinajstić information content (AvgIpc) is 2.69. The van der Waals surface area contributed by atoms with Crippen molar-refractivity contribution < 1.29 is 32.3 Å². The molecular weight excluding hydrogens is 403 g/mol. The van der Waals surface area contributed by atoms with E-state index in [4.69, 9.17) is 14.3 Å². The van der Waals surface area contributed by atoms with Crippen molar-refractivity contribution in [3.63, 3.8) is 0 Å². The van der Waals surface area contributed by atoms with Gasteiger partial charge in [-0.15, -0.1) is 0 Å². The van der Waals surface area contributed by atoms with Crippen LogP contribution in [0.5, 0.6) is 11.8 Å². The van der Waals surface area contributed by atoms with Gasteiger partial charge in [0.1, 0.15) is 19.3 Å². The molecule has 1 amide bonds. The molecule has 1 aromatic carbocycles. The number of amides is 1. The first-order valence-electron chi connectivity index (χ1n) is 8.96. The molecular formula is C20H22F3N3O4. The summed E-state index contributed by atoms with van der Waals surface area (Å²) in [7, 11) is 2.76. The summed E-state index contributed by atoms with van der Waals surface area (Å²) in [5, 5.41) is 6.22. The minimum Gasteiger partial charge on any atom is -0.474 e. The molecule has 0 unspecified atom stereocenters. The second-order valence-corrected chi connectivity index (χ2v) is 6.31. The number of rotatable bonds is 8. The van der Waals surface area contributed by atoms with Crippen LogP contribution in [0.2, 0.25) is 0 Å². The van der Waals surface area contributed by atoms with Crippen LogP contribution >= 0.6 is 0 Å². The second-order valence-electron chi connectivity index (χ2n) is 6.31. The van der Waals surface area contributed by atoms with Crippen molar-refractivity contribution in [3.05, 3.63) is 53.1 Å². The smallest absolute Gasteiger partial charge is 0.421 e. The third-order valence-electron chi connectivity index (χ3n) is 3.76. The van der Waals surface area contributed by atoms with E-state index in [9.17, 15) is 18.0 Å². The van der Waals surface area contributed by atoms with Crippen LogP contribution < -0.4 is 14.8 Å². The fourth-order valence-corrected chi connectivity index (χ4v) is 2.48. The molecule has 2 rings (SSSR count). The van der Waals surface area contributed by atoms with E-state index in [1.54, 1.807) is 38.1 Å². The third-order valence-corrected chi connectivity index (χ3v) is 3.76. The molecule has 0 bridgehead atoms. The van der Waals surface area contributed by atoms with E-state index in [-0.39, 0.29) is 18.2 Å². The van der Waals surface area contributed by atoms with Crippen molar-refractivity contribution in [2.24, 2.45) is 5.16 Å². The topological polar surface area (TPSA) is 82.0 Å². The Morgan fingerprint density at radius 2 is 1.90 bits per heavy atom. The predicted octanol–water partition coefficient (Wildman–Crippen LogP) is 3.56. The Hall–Kier alpha value is -3.30. The standard InChI is InChI=1S/C20H22F3N3O4/c1-12(2)30-19-15(20(21,22)23)9-10-16(25-19)29-11-13-7-5-6-8-14(13)17(26-28-4)18(27)24-3/h5-10,12H,11H2,1-4H3,(H,24,27)/b26-17+. The molecule has 0 saturated carbocycles. The molecule has 1 N–H and O–H groups in total. The summed E-state index contributed by atoms with van der Waals surface area (Å²) >= 11 is 0. The number of aromatic nitrogens is 1. The Morgan fingerprint density at radius 1 is 1.20 bits per heavy atom. The van der Waals surface area contributed by atoms with E-state index >= 15 is 0 Å². The van der Waals surface area contributed by atoms with Crippen molar-refractivity contribution in [3.8, 4) is 11.8 Å². The highest BCUT2D eigenvalue weighted by atomic mass is 19.4. The van der Waals surface area contributed by atoms with Gasteiger partial charge in [0.15, 0.2) is 5.71 Å². The average molecular weight is 425 g/mol. The molecule has 0 fully saturated rings. The van der Waals surface area contributed by atoms with Gasteiger partial charge in [-0.25, -0.2) is 0 Å². The Labute approximate surface area is 171 Å². The van der Waals surface area contributed by atoms with Gasteiger partial charge in [0.05, 0.1) is 6.10 Å². The number of alkyl halides is 3. The summed E-state index contributed by atoms with van der Waals surface area (Å²) in [5.41, 5.74) is 0.0516. The number of hydrogen-bond acceptors (Lipinski definition) is 6. The Kier molecular flexibility index (Phi) is 7.62. The van der Waals surface area contributed by atoms with Crippen LogP contribution in [0, 0.1) is 0 Å². The lowest BCUT2D eigenvalue weighted by molar-refractivity contribution is -0.139. The van der Waals surface area contributed by atoms with Gasteiger partial charge in [-0.05, 0) is 25.5 Å². The number of likely N-dealkylation sites (N-methyl/N-ethyl adjacent to an activating group) is 1. The summed E-state index contributed by atoms with van der Waals surface area (Å²) < 4.78 is 50.3. The monoisotopic (exact) mass is 425 g/mol. The molecule has 1 heterocycles. The summed E-state index contributed by atoms with van der Waals surface area (Å²) in [6.45, 7) is 3.12. The molecule has 0 saturated heterocycles. The highest BCUT2D eigenvalue weighted by Crippen LogP contribution is 2.36. The number of ether oxygens (including phenoxy) is 2. The first-order valence-corrected chi connectivity index (χ1v) is 8.96. The number of nitrogens with one attached hydrogen (secondary N) is 1. The zero-order valence-electron chi connectivity index (χ0n) is 16.9. The van der Waals surface area contributed by atoms with Crippen molar-refractivity contribution in [2.75, 3.05) is 14.2 Å². The molecule has 0 aliphatic rings. The summed E-state index contributed by atoms with van der Waals surface area (Å²) in [4.78, 5) is 20.7. The van der Waals surface area contributed by atoms with Gasteiger partial charge in [-0.1, -0.05) is 29.4 Å². The zero-order valence-corrected chi connectivity index (χ0v) is 16.9. The van der Waals surface area contributed by atoms with Crippen LogP contribution in [0.25, 0.3) is 0 Å². The number of carbonyl (C=O) groups excluding carboxylic acids is 1. The maximum atomic E-state index is 13.2. The molecule has 0 radical (unpaired) electrons. The van der Waals surface area contributed by atoms with Gasteiger partial charge in [-0.2, -0.15) is 18.2 Å². The van der Waals surface area contributed by atoms with E-state index in [2.05, 4.69) is 15.5 Å². The van der Waals surface area contributed by atoms with E-state index < -0.39 is 29.6 Å². The number of nitrogens with zero attached hydrogens (tertiary/aromatic N) is 2. The molecule has 162 valence electrons. The largest absolute Gasteiger partial charge is 0.474 e. The maximum absolute atomic E-state index is 13.2. The number of benzene rings is 1. The number of carbonyl (C=O) groups is 1. The Balaban J connectivity index is 2.32. The van der Waals surface area contributed by atoms with Crippen molar-refractivity contribution in [2.45, 2.75) is 32.7 Å². The van der Waals surface area contributed by atoms with Gasteiger partial charge in [0.25, 0.3) is 5.91 Å². The van der Waals surface area contributed by atoms with Crippen LogP contribution in [-0.2, 0) is 22.4 Å². The molecule has 0 spiro atoms. The number of pyridine rings is 1. The zero-order chi connectivity index (χ0) is 22.3. The SMILES string of the molecule is CNC(=O)/C(=N/OC)c1ccccc1COc1ccc(C(F)(F)F)c(OC(C)C)n1. The van der Waals surface area contributed by atoms with Gasteiger partial charge in [0, 0.05) is 18.7 Å². The molecule has 1 aromatic heterocycles. The Bertz CT molecular complexity index is 914. The molecule has 30 heavy (non-hydrogen) atoms. The first kappa shape index (κ1) is 23.0. The highest BCUT2D eigenvalue weighted by molar-refractivity contribution is 6.45. The number of hydrogen-bond donors (Lipinski definition) is 1. The number of oxime groups is 1. The molecule has 2 aromatic rings. The van der Waals surface area contributed by atoms with Crippen LogP contribution in [-0.4, -0.2) is 36.9 Å². The molecule has 0 atom stereocenters. The molecule has 10 heteroatoms. The van der Waals surface area contributed by atoms with E-state index in [0.29, 0.717) is 11.1 Å². The summed E-state index contributed by atoms with van der Waals surface area (Å²) in [6, 6.07) is 8.75. The van der Waals surface area contributed by atoms with E-state index in [1.165, 1.54) is 14.2 Å². The fraction of sp³-hybridized carbons (Fsp3) is 0.350. The van der Waals surface area contributed by atoms with E-state index in [0.717, 1.165) is 12.1 Å². The maximum Gasteiger partial charge on any atom is 0.421 e. The normalized spacial score (nSPS) is 11.9. The van der Waals surface area contributed by atoms with Crippen LogP contribution in [0.15, 0.2) is 41.6 Å². The van der Waals surface area contributed by atoms with Gasteiger partial charge >= 0.3 is 6.18 Å². The lowest BCUT2D eigenvalue weighted by atomic mass is 10.0. The lowest BCUT2D eigenvalue weighted by Crippen LogP contribution is -2.29. The number of halogens is 3. The third kappa shape index (κ3) is 5.85. The van der Waals surface area contributed by atoms with E-state index in [1.807, 2.05) is 0 Å². The van der Waals surface area contributed by atoms with Crippen molar-refractivity contribution >= 4 is 11.6 Å². The Morgan fingerprint density at radius 3 is 2.50 bits per heavy atom. The quantitative estimate of drug-likeness (QED) is 0.517. The van der Waals surface area contributed by atoms with Gasteiger partial charge in [-0.3, -0.25) is 4.79 Å². The molecule has 0 aliphatic heterocycles. The lowest BCUT2D eigenvalue weighted by Gasteiger charge is -2.16. The fourth-order valence-electron chi connectivity index (χ4n) is 2.48. The van der Waals surface area contributed by atoms with Gasteiger partial charge < -0.3 is 19.6 Å². The van der Waals surface area contributed by atoms with Crippen LogP contribution in [0.4, 0.5) is 13.2 Å². The van der Waals surface area contributed by atoms with Crippen LogP contribution in [0.1, 0.15) is 30.5 Å². The van der Waals surface area contributed by atoms with Crippen LogP contribution in [0.3, 0.4) is 0 Å². The van der Waals surface area contributed by atoms with Gasteiger partial charge in [0.2, 0.25) is 11.8 Å². The van der Waals surface area contributed by atoms with Crippen molar-refractivity contribution in [1.29, 1.82) is 0 Å². The molecule has 0 aliphatic carbocycles. The predicted molar refractivity (Wildman–Crippen MR) is 103 cm³/mol. The summed E-state index contributed by atoms with van der Waals surface area (Å²) in [6.07, 6.45) is -5.11. The second kappa shape index (κ2) is 9.95. The van der Waals surface area contributed by atoms with Crippen molar-refractivity contribution in [1.82, 2.24) is 10.3 Å². The minimum atomic E-state index is -4.61. The minimum absolute atomic E-state index is 0.0309. The molecule has 7 nitrogen and oxygen atoms in total.